The van der Waals surface area contributed by atoms with E-state index in [-0.39, 0.29) is 17.9 Å². The van der Waals surface area contributed by atoms with Crippen LogP contribution in [-0.4, -0.2) is 34.3 Å². The number of carbonyl (C=O) groups is 2. The third kappa shape index (κ3) is 6.64. The third-order valence-electron chi connectivity index (χ3n) is 5.33. The van der Waals surface area contributed by atoms with E-state index in [9.17, 15) is 9.59 Å². The Bertz CT molecular complexity index is 570. The fraction of sp³-hybridized carbons (Fsp3) is 0.682. The lowest BCUT2D eigenvalue weighted by Gasteiger charge is -2.33. The molecular formula is C22H35N3O2. The molecule has 27 heavy (non-hydrogen) atoms. The maximum absolute atomic E-state index is 13.3. The zero-order chi connectivity index (χ0) is 19.5. The number of pyridine rings is 1. The average Bonchev–Trinajstić information content (AvgIpc) is 2.70. The molecule has 0 aliphatic heterocycles. The van der Waals surface area contributed by atoms with Crippen LogP contribution in [0.4, 0.5) is 0 Å². The molecule has 1 saturated carbocycles. The summed E-state index contributed by atoms with van der Waals surface area (Å²) in [5, 5.41) is 3.22. The average molecular weight is 374 g/mol. The molecule has 2 amide bonds. The number of amides is 2. The zero-order valence-corrected chi connectivity index (χ0v) is 17.0. The standard InChI is InChI=1S/C22H35N3O2/c1-3-5-14-20(26)25(16-6-4-2)21(18-11-10-15-23-17-18)22(27)24-19-12-8-7-9-13-19/h10-11,15,17,19,21H,3-9,12-14,16H2,1-2H3,(H,24,27). The first kappa shape index (κ1) is 21.4. The molecule has 0 spiro atoms. The molecule has 0 aromatic carbocycles. The van der Waals surface area contributed by atoms with Crippen LogP contribution in [0.15, 0.2) is 24.5 Å². The number of hydrogen-bond acceptors (Lipinski definition) is 3. The van der Waals surface area contributed by atoms with Gasteiger partial charge in [-0.05, 0) is 31.7 Å². The second-order valence-electron chi connectivity index (χ2n) is 7.58. The molecule has 0 saturated heterocycles. The molecule has 1 aromatic heterocycles. The van der Waals surface area contributed by atoms with E-state index in [1.165, 1.54) is 6.42 Å². The molecule has 5 nitrogen and oxygen atoms in total. The van der Waals surface area contributed by atoms with E-state index in [2.05, 4.69) is 24.1 Å². The Morgan fingerprint density at radius 3 is 2.56 bits per heavy atom. The predicted molar refractivity (Wildman–Crippen MR) is 108 cm³/mol. The van der Waals surface area contributed by atoms with Crippen molar-refractivity contribution < 1.29 is 9.59 Å². The number of rotatable bonds is 10. The third-order valence-corrected chi connectivity index (χ3v) is 5.33. The molecule has 1 unspecified atom stereocenters. The fourth-order valence-corrected chi connectivity index (χ4v) is 3.74. The van der Waals surface area contributed by atoms with Crippen molar-refractivity contribution in [3.8, 4) is 0 Å². The Kier molecular flexibility index (Phi) is 9.29. The lowest BCUT2D eigenvalue weighted by Crippen LogP contribution is -2.47. The van der Waals surface area contributed by atoms with Gasteiger partial charge in [0, 0.05) is 37.0 Å². The summed E-state index contributed by atoms with van der Waals surface area (Å²) in [6.07, 6.45) is 13.3. The Labute approximate surface area is 163 Å². The highest BCUT2D eigenvalue weighted by atomic mass is 16.2. The van der Waals surface area contributed by atoms with Crippen molar-refractivity contribution in [2.24, 2.45) is 0 Å². The molecule has 1 N–H and O–H groups in total. The van der Waals surface area contributed by atoms with Gasteiger partial charge in [-0.25, -0.2) is 0 Å². The van der Waals surface area contributed by atoms with Gasteiger partial charge in [-0.3, -0.25) is 14.6 Å². The van der Waals surface area contributed by atoms with Gasteiger partial charge in [0.15, 0.2) is 0 Å². The smallest absolute Gasteiger partial charge is 0.247 e. The lowest BCUT2D eigenvalue weighted by atomic mass is 9.94. The summed E-state index contributed by atoms with van der Waals surface area (Å²) in [5.41, 5.74) is 0.798. The second-order valence-corrected chi connectivity index (χ2v) is 7.58. The molecule has 2 rings (SSSR count). The van der Waals surface area contributed by atoms with Gasteiger partial charge in [0.1, 0.15) is 6.04 Å². The normalized spacial score (nSPS) is 15.9. The number of carbonyl (C=O) groups excluding carboxylic acids is 2. The number of nitrogens with one attached hydrogen (secondary N) is 1. The monoisotopic (exact) mass is 373 g/mol. The SMILES string of the molecule is CCCCC(=O)N(CCCC)C(C(=O)NC1CCCCC1)c1cccnc1. The summed E-state index contributed by atoms with van der Waals surface area (Å²) in [5.74, 6) is 0.00815. The van der Waals surface area contributed by atoms with E-state index >= 15 is 0 Å². The predicted octanol–water partition coefficient (Wildman–Crippen LogP) is 4.39. The van der Waals surface area contributed by atoms with Crippen molar-refractivity contribution in [2.45, 2.75) is 90.1 Å². The summed E-state index contributed by atoms with van der Waals surface area (Å²) in [4.78, 5) is 32.2. The Morgan fingerprint density at radius 2 is 1.93 bits per heavy atom. The fourth-order valence-electron chi connectivity index (χ4n) is 3.74. The first-order valence-electron chi connectivity index (χ1n) is 10.7. The molecule has 1 aromatic rings. The van der Waals surface area contributed by atoms with Crippen molar-refractivity contribution in [2.75, 3.05) is 6.54 Å². The van der Waals surface area contributed by atoms with E-state index in [1.807, 2.05) is 12.1 Å². The van der Waals surface area contributed by atoms with E-state index in [1.54, 1.807) is 17.3 Å². The van der Waals surface area contributed by atoms with Crippen molar-refractivity contribution in [1.82, 2.24) is 15.2 Å². The Hall–Kier alpha value is -1.91. The van der Waals surface area contributed by atoms with Gasteiger partial charge in [0.25, 0.3) is 0 Å². The summed E-state index contributed by atoms with van der Waals surface area (Å²) in [6.45, 7) is 4.80. The summed E-state index contributed by atoms with van der Waals surface area (Å²) in [7, 11) is 0. The van der Waals surface area contributed by atoms with E-state index in [0.29, 0.717) is 13.0 Å². The van der Waals surface area contributed by atoms with Gasteiger partial charge in [-0.15, -0.1) is 0 Å². The highest BCUT2D eigenvalue weighted by molar-refractivity contribution is 5.88. The Balaban J connectivity index is 2.23. The van der Waals surface area contributed by atoms with E-state index in [4.69, 9.17) is 0 Å². The molecule has 0 radical (unpaired) electrons. The molecule has 150 valence electrons. The number of nitrogens with zero attached hydrogens (tertiary/aromatic N) is 2. The minimum atomic E-state index is -0.587. The quantitative estimate of drug-likeness (QED) is 0.661. The molecule has 1 fully saturated rings. The van der Waals surface area contributed by atoms with Crippen LogP contribution in [0.25, 0.3) is 0 Å². The topological polar surface area (TPSA) is 62.3 Å². The van der Waals surface area contributed by atoms with Gasteiger partial charge in [-0.2, -0.15) is 0 Å². The summed E-state index contributed by atoms with van der Waals surface area (Å²) in [6, 6.07) is 3.38. The van der Waals surface area contributed by atoms with Crippen LogP contribution in [0.2, 0.25) is 0 Å². The molecule has 1 aliphatic carbocycles. The first-order valence-corrected chi connectivity index (χ1v) is 10.7. The van der Waals surface area contributed by atoms with Crippen LogP contribution in [0.3, 0.4) is 0 Å². The first-order chi connectivity index (χ1) is 13.2. The van der Waals surface area contributed by atoms with Crippen LogP contribution in [0.5, 0.6) is 0 Å². The molecular weight excluding hydrogens is 338 g/mol. The Morgan fingerprint density at radius 1 is 1.19 bits per heavy atom. The highest BCUT2D eigenvalue weighted by Gasteiger charge is 2.32. The van der Waals surface area contributed by atoms with Gasteiger partial charge < -0.3 is 10.2 Å². The number of aromatic nitrogens is 1. The summed E-state index contributed by atoms with van der Waals surface area (Å²) >= 11 is 0. The molecule has 1 aliphatic rings. The molecule has 1 heterocycles. The minimum absolute atomic E-state index is 0.0594. The summed E-state index contributed by atoms with van der Waals surface area (Å²) < 4.78 is 0. The lowest BCUT2D eigenvalue weighted by molar-refractivity contribution is -0.141. The van der Waals surface area contributed by atoms with Crippen molar-refractivity contribution >= 4 is 11.8 Å². The van der Waals surface area contributed by atoms with Gasteiger partial charge >= 0.3 is 0 Å². The van der Waals surface area contributed by atoms with Crippen LogP contribution < -0.4 is 5.32 Å². The number of unbranched alkanes of at least 4 members (excludes halogenated alkanes) is 2. The number of hydrogen-bond donors (Lipinski definition) is 1. The largest absolute Gasteiger partial charge is 0.351 e. The zero-order valence-electron chi connectivity index (χ0n) is 17.0. The van der Waals surface area contributed by atoms with Crippen molar-refractivity contribution in [3.63, 3.8) is 0 Å². The maximum atomic E-state index is 13.3. The molecule has 1 atom stereocenters. The van der Waals surface area contributed by atoms with E-state index < -0.39 is 6.04 Å². The van der Waals surface area contributed by atoms with Gasteiger partial charge in [0.2, 0.25) is 11.8 Å². The maximum Gasteiger partial charge on any atom is 0.247 e. The van der Waals surface area contributed by atoms with Crippen LogP contribution in [0.1, 0.15) is 89.7 Å². The van der Waals surface area contributed by atoms with Crippen molar-refractivity contribution in [1.29, 1.82) is 0 Å². The second kappa shape index (κ2) is 11.7. The van der Waals surface area contributed by atoms with Crippen LogP contribution >= 0.6 is 0 Å². The minimum Gasteiger partial charge on any atom is -0.351 e. The van der Waals surface area contributed by atoms with Crippen LogP contribution in [0, 0.1) is 0 Å². The van der Waals surface area contributed by atoms with Crippen molar-refractivity contribution in [3.05, 3.63) is 30.1 Å². The van der Waals surface area contributed by atoms with Gasteiger partial charge in [-0.1, -0.05) is 52.0 Å². The van der Waals surface area contributed by atoms with Crippen LogP contribution in [-0.2, 0) is 9.59 Å². The van der Waals surface area contributed by atoms with E-state index in [0.717, 1.165) is 56.9 Å². The van der Waals surface area contributed by atoms with Gasteiger partial charge in [0.05, 0.1) is 0 Å². The molecule has 0 bridgehead atoms. The highest BCUT2D eigenvalue weighted by Crippen LogP contribution is 2.25. The molecule has 5 heteroatoms.